The largest absolute Gasteiger partial charge is 0.529 e. The van der Waals surface area contributed by atoms with Crippen LogP contribution in [-0.2, 0) is 13.3 Å². The van der Waals surface area contributed by atoms with E-state index in [0.717, 1.165) is 38.5 Å². The molecule has 0 N–H and O–H groups in total. The molecular formula is C17H34O3Si. The van der Waals surface area contributed by atoms with Gasteiger partial charge in [-0.3, -0.25) is 0 Å². The Morgan fingerprint density at radius 2 is 1.14 bits per heavy atom. The fourth-order valence-corrected chi connectivity index (χ4v) is 3.80. The molecule has 0 amide bonds. The first kappa shape index (κ1) is 20.6. The summed E-state index contributed by atoms with van der Waals surface area (Å²) in [6.45, 7) is 10.6. The van der Waals surface area contributed by atoms with E-state index in [9.17, 15) is 0 Å². The maximum Gasteiger partial charge on any atom is 0.529 e. The monoisotopic (exact) mass is 314 g/mol. The molecule has 0 bridgehead atoms. The Morgan fingerprint density at radius 1 is 0.714 bits per heavy atom. The van der Waals surface area contributed by atoms with Gasteiger partial charge in [-0.1, -0.05) is 58.3 Å². The maximum atomic E-state index is 6.08. The highest BCUT2D eigenvalue weighted by atomic mass is 28.4. The molecule has 0 atom stereocenters. The second kappa shape index (κ2) is 14.5. The van der Waals surface area contributed by atoms with Crippen molar-refractivity contribution in [3.63, 3.8) is 0 Å². The van der Waals surface area contributed by atoms with Gasteiger partial charge in [-0.25, -0.2) is 0 Å². The van der Waals surface area contributed by atoms with Crippen LogP contribution in [0.3, 0.4) is 0 Å². The summed E-state index contributed by atoms with van der Waals surface area (Å²) in [6.07, 6.45) is 12.5. The van der Waals surface area contributed by atoms with E-state index in [0.29, 0.717) is 19.8 Å². The Kier molecular flexibility index (Phi) is 14.2. The molecule has 4 heteroatoms. The van der Waals surface area contributed by atoms with Gasteiger partial charge in [-0.15, -0.1) is 0 Å². The number of allylic oxidation sites excluding steroid dienone is 3. The maximum absolute atomic E-state index is 6.08. The summed E-state index contributed by atoms with van der Waals surface area (Å²) >= 11 is 0. The third kappa shape index (κ3) is 10.9. The third-order valence-corrected chi connectivity index (χ3v) is 5.43. The minimum atomic E-state index is -2.68. The summed E-state index contributed by atoms with van der Waals surface area (Å²) in [5.74, 6) is 0. The van der Waals surface area contributed by atoms with Crippen molar-refractivity contribution in [2.75, 3.05) is 19.8 Å². The summed E-state index contributed by atoms with van der Waals surface area (Å²) in [5.41, 5.74) is 2.02. The van der Waals surface area contributed by atoms with E-state index in [1.54, 1.807) is 0 Å². The molecule has 21 heavy (non-hydrogen) atoms. The molecule has 0 aromatic carbocycles. The Bertz CT molecular complexity index is 251. The van der Waals surface area contributed by atoms with Crippen molar-refractivity contribution in [1.82, 2.24) is 0 Å². The molecule has 0 rings (SSSR count). The van der Waals surface area contributed by atoms with Crippen molar-refractivity contribution in [3.05, 3.63) is 23.9 Å². The zero-order chi connectivity index (χ0) is 15.8. The van der Waals surface area contributed by atoms with E-state index in [-0.39, 0.29) is 0 Å². The lowest BCUT2D eigenvalue weighted by molar-refractivity contribution is 0.0685. The van der Waals surface area contributed by atoms with Crippen LogP contribution in [0.1, 0.15) is 66.2 Å². The standard InChI is InChI=1S/C17H34O3Si/c1-5-9-13-17-21(18-14-10-6-2,19-15-11-7-3)20-16-12-8-4/h5,9,13,17H,6-8,10-12,14-16H2,1-4H3/b9-5+,17-13+. The molecule has 0 aliphatic carbocycles. The predicted molar refractivity (Wildman–Crippen MR) is 92.3 cm³/mol. The van der Waals surface area contributed by atoms with Crippen molar-refractivity contribution < 1.29 is 13.3 Å². The molecule has 124 valence electrons. The van der Waals surface area contributed by atoms with E-state index in [1.165, 1.54) is 0 Å². The minimum Gasteiger partial charge on any atom is -0.370 e. The summed E-state index contributed by atoms with van der Waals surface area (Å²) in [7, 11) is -2.68. The second-order valence-corrected chi connectivity index (χ2v) is 7.50. The van der Waals surface area contributed by atoms with Gasteiger partial charge in [0.2, 0.25) is 0 Å². The van der Waals surface area contributed by atoms with Gasteiger partial charge in [-0.2, -0.15) is 0 Å². The Hall–Kier alpha value is -0.423. The van der Waals surface area contributed by atoms with Crippen molar-refractivity contribution in [2.45, 2.75) is 66.2 Å². The number of rotatable bonds is 14. The quantitative estimate of drug-likeness (QED) is 0.255. The molecule has 0 aliphatic rings. The lowest BCUT2D eigenvalue weighted by atomic mass is 10.4. The van der Waals surface area contributed by atoms with Crippen LogP contribution in [0.25, 0.3) is 0 Å². The lowest BCUT2D eigenvalue weighted by Crippen LogP contribution is -2.45. The highest BCUT2D eigenvalue weighted by Gasteiger charge is 2.38. The summed E-state index contributed by atoms with van der Waals surface area (Å²) < 4.78 is 18.3. The van der Waals surface area contributed by atoms with Crippen LogP contribution in [-0.4, -0.2) is 28.6 Å². The van der Waals surface area contributed by atoms with Crippen LogP contribution >= 0.6 is 0 Å². The van der Waals surface area contributed by atoms with Gasteiger partial charge in [0.05, 0.1) is 0 Å². The number of hydrogen-bond acceptors (Lipinski definition) is 3. The second-order valence-electron chi connectivity index (χ2n) is 5.09. The van der Waals surface area contributed by atoms with Crippen LogP contribution in [0.2, 0.25) is 0 Å². The highest BCUT2D eigenvalue weighted by molar-refractivity contribution is 6.66. The first-order valence-corrected chi connectivity index (χ1v) is 10.3. The van der Waals surface area contributed by atoms with Gasteiger partial charge in [0.25, 0.3) is 0 Å². The third-order valence-electron chi connectivity index (χ3n) is 3.01. The molecule has 0 spiro atoms. The topological polar surface area (TPSA) is 27.7 Å². The van der Waals surface area contributed by atoms with Crippen LogP contribution in [0.15, 0.2) is 23.9 Å². The van der Waals surface area contributed by atoms with Gasteiger partial charge < -0.3 is 13.3 Å². The fraction of sp³-hybridized carbons (Fsp3) is 0.765. The lowest BCUT2D eigenvalue weighted by Gasteiger charge is -2.27. The van der Waals surface area contributed by atoms with Gasteiger partial charge >= 0.3 is 8.80 Å². The smallest absolute Gasteiger partial charge is 0.370 e. The van der Waals surface area contributed by atoms with Crippen molar-refractivity contribution >= 4 is 8.80 Å². The van der Waals surface area contributed by atoms with Crippen LogP contribution in [0, 0.1) is 0 Å². The molecule has 0 saturated carbocycles. The van der Waals surface area contributed by atoms with Gasteiger partial charge in [-0.05, 0) is 31.9 Å². The Balaban J connectivity index is 4.77. The summed E-state index contributed by atoms with van der Waals surface area (Å²) in [6, 6.07) is 0. The number of unbranched alkanes of at least 4 members (excludes halogenated alkanes) is 3. The minimum absolute atomic E-state index is 0.709. The molecule has 0 aliphatic heterocycles. The highest BCUT2D eigenvalue weighted by Crippen LogP contribution is 2.15. The van der Waals surface area contributed by atoms with Crippen LogP contribution in [0.4, 0.5) is 0 Å². The van der Waals surface area contributed by atoms with E-state index in [1.807, 2.05) is 30.9 Å². The van der Waals surface area contributed by atoms with Crippen molar-refractivity contribution in [3.8, 4) is 0 Å². The van der Waals surface area contributed by atoms with E-state index >= 15 is 0 Å². The first-order chi connectivity index (χ1) is 10.2. The first-order valence-electron chi connectivity index (χ1n) is 8.47. The molecule has 0 radical (unpaired) electrons. The fourth-order valence-electron chi connectivity index (χ4n) is 1.63. The average molecular weight is 315 g/mol. The zero-order valence-electron chi connectivity index (χ0n) is 14.4. The zero-order valence-corrected chi connectivity index (χ0v) is 15.4. The molecule has 3 nitrogen and oxygen atoms in total. The van der Waals surface area contributed by atoms with Gasteiger partial charge in [0.15, 0.2) is 0 Å². The molecule has 0 saturated heterocycles. The Labute approximate surface area is 132 Å². The van der Waals surface area contributed by atoms with E-state index in [4.69, 9.17) is 13.3 Å². The van der Waals surface area contributed by atoms with Crippen LogP contribution in [0.5, 0.6) is 0 Å². The molecular weight excluding hydrogens is 280 g/mol. The molecule has 0 heterocycles. The average Bonchev–Trinajstić information content (AvgIpc) is 2.48. The number of hydrogen-bond donors (Lipinski definition) is 0. The molecule has 0 fully saturated rings. The predicted octanol–water partition coefficient (Wildman–Crippen LogP) is 5.05. The Morgan fingerprint density at radius 3 is 1.48 bits per heavy atom. The van der Waals surface area contributed by atoms with Crippen molar-refractivity contribution in [1.29, 1.82) is 0 Å². The summed E-state index contributed by atoms with van der Waals surface area (Å²) in [5, 5.41) is 0. The van der Waals surface area contributed by atoms with Crippen LogP contribution < -0.4 is 0 Å². The molecule has 0 unspecified atom stereocenters. The molecule has 0 aromatic heterocycles. The summed E-state index contributed by atoms with van der Waals surface area (Å²) in [4.78, 5) is 0. The molecule has 0 aromatic rings. The van der Waals surface area contributed by atoms with Gasteiger partial charge in [0, 0.05) is 19.8 Å². The normalized spacial score (nSPS) is 12.8. The van der Waals surface area contributed by atoms with Crippen molar-refractivity contribution in [2.24, 2.45) is 0 Å². The van der Waals surface area contributed by atoms with E-state index < -0.39 is 8.80 Å². The van der Waals surface area contributed by atoms with E-state index in [2.05, 4.69) is 20.8 Å². The SMILES string of the molecule is C/C=C/C=C/[Si](OCCCC)(OCCCC)OCCCC. The van der Waals surface area contributed by atoms with Gasteiger partial charge in [0.1, 0.15) is 0 Å².